The third-order valence-electron chi connectivity index (χ3n) is 3.26. The topological polar surface area (TPSA) is 90.5 Å². The number of benzene rings is 1. The third kappa shape index (κ3) is 3.79. The summed E-state index contributed by atoms with van der Waals surface area (Å²) in [5.74, 6) is -0.579. The molecule has 7 nitrogen and oxygen atoms in total. The van der Waals surface area contributed by atoms with E-state index in [1.54, 1.807) is 17.0 Å². The zero-order chi connectivity index (χ0) is 15.2. The van der Waals surface area contributed by atoms with E-state index in [4.69, 9.17) is 0 Å². The van der Waals surface area contributed by atoms with Crippen molar-refractivity contribution in [2.75, 3.05) is 26.7 Å². The summed E-state index contributed by atoms with van der Waals surface area (Å²) in [6, 6.07) is 7.86. The number of imide groups is 1. The highest BCUT2D eigenvalue weighted by molar-refractivity contribution is 5.97. The number of carbonyl (C=O) groups excluding carboxylic acids is 3. The number of hydrogen-bond acceptors (Lipinski definition) is 4. The van der Waals surface area contributed by atoms with E-state index in [-0.39, 0.29) is 12.5 Å². The highest BCUT2D eigenvalue weighted by Crippen LogP contribution is 2.21. The average Bonchev–Trinajstić information content (AvgIpc) is 2.48. The first kappa shape index (κ1) is 15.0. The van der Waals surface area contributed by atoms with Crippen molar-refractivity contribution >= 4 is 17.8 Å². The van der Waals surface area contributed by atoms with Crippen LogP contribution in [-0.4, -0.2) is 49.4 Å². The van der Waals surface area contributed by atoms with Gasteiger partial charge in [-0.25, -0.2) is 4.79 Å². The van der Waals surface area contributed by atoms with Crippen LogP contribution < -0.4 is 16.0 Å². The Morgan fingerprint density at radius 1 is 1.29 bits per heavy atom. The predicted octanol–water partition coefficient (Wildman–Crippen LogP) is -0.385. The van der Waals surface area contributed by atoms with Gasteiger partial charge in [0.1, 0.15) is 6.04 Å². The molecule has 0 aromatic heterocycles. The van der Waals surface area contributed by atoms with Gasteiger partial charge in [0.25, 0.3) is 0 Å². The normalized spacial score (nSPS) is 16.7. The molecule has 3 N–H and O–H groups in total. The molecular weight excluding hydrogens is 272 g/mol. The second-order valence-electron chi connectivity index (χ2n) is 4.70. The number of amides is 4. The maximum Gasteiger partial charge on any atom is 0.321 e. The molecule has 1 aliphatic heterocycles. The van der Waals surface area contributed by atoms with Gasteiger partial charge in [0.05, 0.1) is 6.54 Å². The van der Waals surface area contributed by atoms with E-state index in [9.17, 15) is 14.4 Å². The zero-order valence-electron chi connectivity index (χ0n) is 11.8. The van der Waals surface area contributed by atoms with Crippen molar-refractivity contribution in [2.45, 2.75) is 6.04 Å². The lowest BCUT2D eigenvalue weighted by molar-refractivity contribution is -0.130. The Kier molecular flexibility index (Phi) is 4.89. The molecule has 1 aliphatic rings. The van der Waals surface area contributed by atoms with Crippen molar-refractivity contribution in [3.63, 3.8) is 0 Å². The average molecular weight is 290 g/mol. The Hall–Kier alpha value is -2.41. The molecule has 1 saturated heterocycles. The van der Waals surface area contributed by atoms with Crippen LogP contribution in [0.15, 0.2) is 30.3 Å². The van der Waals surface area contributed by atoms with E-state index in [0.717, 1.165) is 5.56 Å². The van der Waals surface area contributed by atoms with E-state index < -0.39 is 18.0 Å². The Morgan fingerprint density at radius 3 is 2.62 bits per heavy atom. The fourth-order valence-electron chi connectivity index (χ4n) is 2.28. The molecule has 7 heteroatoms. The van der Waals surface area contributed by atoms with Crippen LogP contribution in [0.25, 0.3) is 0 Å². The quantitative estimate of drug-likeness (QED) is 0.707. The first-order chi connectivity index (χ1) is 10.1. The molecule has 112 valence electrons. The highest BCUT2D eigenvalue weighted by atomic mass is 16.2. The number of hydrogen-bond donors (Lipinski definition) is 3. The summed E-state index contributed by atoms with van der Waals surface area (Å²) in [5, 5.41) is 7.34. The minimum atomic E-state index is -0.672. The van der Waals surface area contributed by atoms with E-state index in [1.165, 1.54) is 7.05 Å². The first-order valence-corrected chi connectivity index (χ1v) is 6.70. The van der Waals surface area contributed by atoms with Crippen molar-refractivity contribution in [2.24, 2.45) is 0 Å². The summed E-state index contributed by atoms with van der Waals surface area (Å²) in [6.45, 7) is 1.16. The molecule has 0 radical (unpaired) electrons. The Labute approximate surface area is 122 Å². The van der Waals surface area contributed by atoms with Crippen LogP contribution in [0.1, 0.15) is 11.6 Å². The smallest absolute Gasteiger partial charge is 0.321 e. The fraction of sp³-hybridized carbons (Fsp3) is 0.357. The second-order valence-corrected chi connectivity index (χ2v) is 4.70. The molecule has 4 amide bonds. The van der Waals surface area contributed by atoms with Crippen LogP contribution in [0.4, 0.5) is 4.79 Å². The molecule has 0 bridgehead atoms. The molecular formula is C14H18N4O3. The molecule has 0 aliphatic carbocycles. The molecule has 1 aromatic rings. The molecule has 1 fully saturated rings. The summed E-state index contributed by atoms with van der Waals surface area (Å²) >= 11 is 0. The van der Waals surface area contributed by atoms with Gasteiger partial charge in [0, 0.05) is 20.1 Å². The summed E-state index contributed by atoms with van der Waals surface area (Å²) < 4.78 is 0. The number of carbonyl (C=O) groups is 3. The summed E-state index contributed by atoms with van der Waals surface area (Å²) in [4.78, 5) is 37.0. The lowest BCUT2D eigenvalue weighted by Crippen LogP contribution is -2.53. The van der Waals surface area contributed by atoms with E-state index in [2.05, 4.69) is 16.0 Å². The zero-order valence-corrected chi connectivity index (χ0v) is 11.8. The molecule has 1 heterocycles. The highest BCUT2D eigenvalue weighted by Gasteiger charge is 2.31. The van der Waals surface area contributed by atoms with Crippen molar-refractivity contribution in [1.29, 1.82) is 0 Å². The molecule has 1 atom stereocenters. The summed E-state index contributed by atoms with van der Waals surface area (Å²) in [6.07, 6.45) is 0. The van der Waals surface area contributed by atoms with Crippen LogP contribution in [0.2, 0.25) is 0 Å². The van der Waals surface area contributed by atoms with Gasteiger partial charge in [-0.05, 0) is 5.56 Å². The maximum atomic E-state index is 12.4. The van der Waals surface area contributed by atoms with Crippen molar-refractivity contribution in [3.8, 4) is 0 Å². The van der Waals surface area contributed by atoms with Crippen LogP contribution in [-0.2, 0) is 9.59 Å². The molecule has 1 aromatic carbocycles. The van der Waals surface area contributed by atoms with Crippen molar-refractivity contribution in [1.82, 2.24) is 20.9 Å². The molecule has 0 spiro atoms. The standard InChI is InChI=1S/C14H18N4O3/c1-15-14(21)17-13(20)12(10-5-3-2-4-6-10)18-8-7-16-11(19)9-18/h2-6,12H,7-9H2,1H3,(H,16,19)(H2,15,17,20,21)/t12-/m0/s1. The van der Waals surface area contributed by atoms with Gasteiger partial charge < -0.3 is 10.6 Å². The fourth-order valence-corrected chi connectivity index (χ4v) is 2.28. The Morgan fingerprint density at radius 2 is 2.00 bits per heavy atom. The lowest BCUT2D eigenvalue weighted by atomic mass is 10.0. The van der Waals surface area contributed by atoms with E-state index in [1.807, 2.05) is 18.2 Å². The summed E-state index contributed by atoms with van der Waals surface area (Å²) in [5.41, 5.74) is 0.744. The van der Waals surface area contributed by atoms with Crippen LogP contribution in [0.5, 0.6) is 0 Å². The number of rotatable bonds is 3. The minimum absolute atomic E-state index is 0.126. The monoisotopic (exact) mass is 290 g/mol. The van der Waals surface area contributed by atoms with Gasteiger partial charge in [0.15, 0.2) is 0 Å². The predicted molar refractivity (Wildman–Crippen MR) is 76.4 cm³/mol. The van der Waals surface area contributed by atoms with Crippen molar-refractivity contribution in [3.05, 3.63) is 35.9 Å². The number of nitrogens with one attached hydrogen (secondary N) is 3. The lowest BCUT2D eigenvalue weighted by Gasteiger charge is -2.33. The SMILES string of the molecule is CNC(=O)NC(=O)[C@H](c1ccccc1)N1CCNC(=O)C1. The van der Waals surface area contributed by atoms with E-state index >= 15 is 0 Å². The van der Waals surface area contributed by atoms with Crippen LogP contribution >= 0.6 is 0 Å². The van der Waals surface area contributed by atoms with Crippen LogP contribution in [0, 0.1) is 0 Å². The van der Waals surface area contributed by atoms with E-state index in [0.29, 0.717) is 13.1 Å². The first-order valence-electron chi connectivity index (χ1n) is 6.70. The minimum Gasteiger partial charge on any atom is -0.354 e. The maximum absolute atomic E-state index is 12.4. The molecule has 2 rings (SSSR count). The van der Waals surface area contributed by atoms with Gasteiger partial charge in [-0.3, -0.25) is 19.8 Å². The largest absolute Gasteiger partial charge is 0.354 e. The van der Waals surface area contributed by atoms with Gasteiger partial charge >= 0.3 is 6.03 Å². The number of nitrogens with zero attached hydrogens (tertiary/aromatic N) is 1. The molecule has 21 heavy (non-hydrogen) atoms. The Balaban J connectivity index is 2.24. The number of piperazine rings is 1. The summed E-state index contributed by atoms with van der Waals surface area (Å²) in [7, 11) is 1.44. The molecule has 0 unspecified atom stereocenters. The van der Waals surface area contributed by atoms with Gasteiger partial charge in [-0.2, -0.15) is 0 Å². The Bertz CT molecular complexity index is 532. The second kappa shape index (κ2) is 6.85. The van der Waals surface area contributed by atoms with Gasteiger partial charge in [0.2, 0.25) is 11.8 Å². The molecule has 0 saturated carbocycles. The van der Waals surface area contributed by atoms with Gasteiger partial charge in [-0.15, -0.1) is 0 Å². The van der Waals surface area contributed by atoms with Gasteiger partial charge in [-0.1, -0.05) is 30.3 Å². The third-order valence-corrected chi connectivity index (χ3v) is 3.26. The van der Waals surface area contributed by atoms with Crippen molar-refractivity contribution < 1.29 is 14.4 Å². The number of urea groups is 1. The van der Waals surface area contributed by atoms with Crippen LogP contribution in [0.3, 0.4) is 0 Å².